The molecule has 3 N–H and O–H groups in total. The number of aromatic nitrogens is 1. The lowest BCUT2D eigenvalue weighted by molar-refractivity contribution is 0.360. The van der Waals surface area contributed by atoms with Crippen LogP contribution in [0.5, 0.6) is 0 Å². The first-order chi connectivity index (χ1) is 14.8. The molecule has 0 atom stereocenters. The largest absolute Gasteiger partial charge is 0.344 e. The number of nitrogens with one attached hydrogen (secondary N) is 1. The summed E-state index contributed by atoms with van der Waals surface area (Å²) in [7, 11) is 0. The third-order valence-corrected chi connectivity index (χ3v) is 6.59. The third kappa shape index (κ3) is 4.96. The highest BCUT2D eigenvalue weighted by Gasteiger charge is 2.19. The lowest BCUT2D eigenvalue weighted by Crippen LogP contribution is -2.19. The number of nitrogens with zero attached hydrogens (tertiary/aromatic N) is 1. The van der Waals surface area contributed by atoms with Gasteiger partial charge in [0, 0.05) is 23.1 Å². The van der Waals surface area contributed by atoms with Crippen molar-refractivity contribution >= 4 is 10.9 Å². The zero-order chi connectivity index (χ0) is 20.8. The van der Waals surface area contributed by atoms with Crippen molar-refractivity contribution in [1.29, 1.82) is 0 Å². The topological polar surface area (TPSA) is 43.0 Å². The monoisotopic (exact) mass is 403 g/mol. The highest BCUT2D eigenvalue weighted by Crippen LogP contribution is 2.35. The van der Waals surface area contributed by atoms with Crippen molar-refractivity contribution in [3.8, 4) is 11.1 Å². The number of benzene rings is 2. The highest BCUT2D eigenvalue weighted by molar-refractivity contribution is 5.89. The van der Waals surface area contributed by atoms with Crippen LogP contribution in [0.1, 0.15) is 62.1 Å². The van der Waals surface area contributed by atoms with Crippen molar-refractivity contribution in [2.45, 2.75) is 64.3 Å². The maximum absolute atomic E-state index is 5.60. The van der Waals surface area contributed by atoms with Gasteiger partial charge in [-0.1, -0.05) is 55.2 Å². The smallest absolute Gasteiger partial charge is 0.0486 e. The predicted octanol–water partition coefficient (Wildman–Crippen LogP) is 5.99. The lowest BCUT2D eigenvalue weighted by Gasteiger charge is -2.24. The van der Waals surface area contributed by atoms with Crippen molar-refractivity contribution in [3.05, 3.63) is 59.8 Å². The van der Waals surface area contributed by atoms with Crippen molar-refractivity contribution in [2.24, 2.45) is 5.73 Å². The summed E-state index contributed by atoms with van der Waals surface area (Å²) in [5.41, 5.74) is 12.5. The van der Waals surface area contributed by atoms with Crippen LogP contribution in [0.3, 0.4) is 0 Å². The van der Waals surface area contributed by atoms with Gasteiger partial charge in [0.2, 0.25) is 0 Å². The van der Waals surface area contributed by atoms with Crippen LogP contribution in [0.25, 0.3) is 22.0 Å². The average molecular weight is 404 g/mol. The van der Waals surface area contributed by atoms with E-state index in [1.807, 2.05) is 0 Å². The van der Waals surface area contributed by atoms with Gasteiger partial charge in [0.05, 0.1) is 0 Å². The second kappa shape index (κ2) is 10.3. The third-order valence-electron chi connectivity index (χ3n) is 6.59. The first-order valence-corrected chi connectivity index (χ1v) is 11.9. The minimum absolute atomic E-state index is 0.669. The predicted molar refractivity (Wildman–Crippen MR) is 129 cm³/mol. The molecule has 0 radical (unpaired) electrons. The van der Waals surface area contributed by atoms with Gasteiger partial charge in [-0.3, -0.25) is 0 Å². The maximum Gasteiger partial charge on any atom is 0.0486 e. The number of hydrogen-bond acceptors (Lipinski definition) is 2. The number of nitrogens with two attached hydrogens (primary N) is 1. The molecule has 4 rings (SSSR count). The minimum atomic E-state index is 0.669. The van der Waals surface area contributed by atoms with Crippen LogP contribution in [0.15, 0.2) is 48.7 Å². The molecule has 0 amide bonds. The molecule has 0 bridgehead atoms. The van der Waals surface area contributed by atoms with E-state index in [9.17, 15) is 0 Å². The van der Waals surface area contributed by atoms with Crippen LogP contribution in [0, 0.1) is 6.92 Å². The second-order valence-electron chi connectivity index (χ2n) is 8.95. The van der Waals surface area contributed by atoms with Gasteiger partial charge in [-0.05, 0) is 87.5 Å². The summed E-state index contributed by atoms with van der Waals surface area (Å²) in [5.74, 6) is 0. The van der Waals surface area contributed by atoms with Crippen LogP contribution in [-0.2, 0) is 6.42 Å². The molecule has 0 saturated heterocycles. The molecule has 0 aliphatic heterocycles. The molecule has 1 aromatic heterocycles. The Morgan fingerprint density at radius 1 is 0.967 bits per heavy atom. The number of rotatable bonds is 9. The van der Waals surface area contributed by atoms with Gasteiger partial charge >= 0.3 is 0 Å². The zero-order valence-corrected chi connectivity index (χ0v) is 18.5. The highest BCUT2D eigenvalue weighted by atomic mass is 15.0. The summed E-state index contributed by atoms with van der Waals surface area (Å²) in [4.78, 5) is 0. The van der Waals surface area contributed by atoms with Crippen LogP contribution in [0.2, 0.25) is 0 Å². The van der Waals surface area contributed by atoms with Crippen molar-refractivity contribution in [2.75, 3.05) is 19.6 Å². The Hall–Kier alpha value is -2.10. The number of fused-ring (bicyclic) bond motifs is 1. The van der Waals surface area contributed by atoms with E-state index in [1.165, 1.54) is 71.7 Å². The van der Waals surface area contributed by atoms with E-state index in [2.05, 4.69) is 65.5 Å². The summed E-state index contributed by atoms with van der Waals surface area (Å²) in [5, 5.41) is 4.98. The summed E-state index contributed by atoms with van der Waals surface area (Å²) in [6.45, 7) is 5.03. The standard InChI is InChI=1S/C27H37N3/c1-21-8-5-9-22(18-21)23-13-14-27-26(19-23)24(10-6-16-29-17-7-15-28)20-30(27)25-11-3-2-4-12-25/h5,8-9,13-14,18-20,25,29H,2-4,6-7,10-12,15-17,28H2,1H3. The fourth-order valence-corrected chi connectivity index (χ4v) is 4.95. The molecule has 1 fully saturated rings. The normalized spacial score (nSPS) is 15.1. The fourth-order valence-electron chi connectivity index (χ4n) is 4.95. The summed E-state index contributed by atoms with van der Waals surface area (Å²) in [6.07, 6.45) is 12.6. The van der Waals surface area contributed by atoms with Gasteiger partial charge in [-0.25, -0.2) is 0 Å². The Morgan fingerprint density at radius 3 is 2.57 bits per heavy atom. The van der Waals surface area contributed by atoms with E-state index >= 15 is 0 Å². The summed E-state index contributed by atoms with van der Waals surface area (Å²) >= 11 is 0. The first-order valence-electron chi connectivity index (χ1n) is 11.9. The van der Waals surface area contributed by atoms with Crippen LogP contribution in [0.4, 0.5) is 0 Å². The molecule has 3 heteroatoms. The molecule has 1 saturated carbocycles. The van der Waals surface area contributed by atoms with Crippen molar-refractivity contribution < 1.29 is 0 Å². The zero-order valence-electron chi connectivity index (χ0n) is 18.5. The SMILES string of the molecule is Cc1cccc(-c2ccc3c(c2)c(CCCNCCCN)cn3C2CCCCC2)c1. The Kier molecular flexibility index (Phi) is 7.24. The van der Waals surface area contributed by atoms with Gasteiger partial charge in [0.15, 0.2) is 0 Å². The molecule has 3 aromatic rings. The maximum atomic E-state index is 5.60. The Bertz CT molecular complexity index is 950. The van der Waals surface area contributed by atoms with E-state index in [0.717, 1.165) is 32.5 Å². The van der Waals surface area contributed by atoms with E-state index in [-0.39, 0.29) is 0 Å². The first kappa shape index (κ1) is 21.1. The second-order valence-corrected chi connectivity index (χ2v) is 8.95. The van der Waals surface area contributed by atoms with Gasteiger partial charge in [-0.2, -0.15) is 0 Å². The molecular weight excluding hydrogens is 366 g/mol. The van der Waals surface area contributed by atoms with Crippen LogP contribution < -0.4 is 11.1 Å². The van der Waals surface area contributed by atoms with Crippen LogP contribution >= 0.6 is 0 Å². The van der Waals surface area contributed by atoms with Gasteiger partial charge < -0.3 is 15.6 Å². The van der Waals surface area contributed by atoms with E-state index in [1.54, 1.807) is 0 Å². The molecule has 0 unspecified atom stereocenters. The van der Waals surface area contributed by atoms with E-state index in [4.69, 9.17) is 5.73 Å². The van der Waals surface area contributed by atoms with Crippen LogP contribution in [-0.4, -0.2) is 24.2 Å². The lowest BCUT2D eigenvalue weighted by atomic mass is 9.95. The molecule has 2 aromatic carbocycles. The molecule has 160 valence electrons. The van der Waals surface area contributed by atoms with Gasteiger partial charge in [0.25, 0.3) is 0 Å². The Balaban J connectivity index is 1.62. The number of aryl methyl sites for hydroxylation is 2. The van der Waals surface area contributed by atoms with Crippen molar-refractivity contribution in [3.63, 3.8) is 0 Å². The van der Waals surface area contributed by atoms with Gasteiger partial charge in [0.1, 0.15) is 0 Å². The number of hydrogen-bond donors (Lipinski definition) is 2. The molecule has 0 spiro atoms. The van der Waals surface area contributed by atoms with Crippen molar-refractivity contribution in [1.82, 2.24) is 9.88 Å². The fraction of sp³-hybridized carbons (Fsp3) is 0.481. The molecule has 1 aliphatic carbocycles. The van der Waals surface area contributed by atoms with E-state index in [0.29, 0.717) is 6.04 Å². The summed E-state index contributed by atoms with van der Waals surface area (Å²) < 4.78 is 2.60. The molecule has 3 nitrogen and oxygen atoms in total. The quantitative estimate of drug-likeness (QED) is 0.431. The molecular formula is C27H37N3. The van der Waals surface area contributed by atoms with E-state index < -0.39 is 0 Å². The average Bonchev–Trinajstić information content (AvgIpc) is 3.15. The summed E-state index contributed by atoms with van der Waals surface area (Å²) in [6, 6.07) is 16.6. The molecule has 30 heavy (non-hydrogen) atoms. The Morgan fingerprint density at radius 2 is 1.77 bits per heavy atom. The minimum Gasteiger partial charge on any atom is -0.344 e. The molecule has 1 aliphatic rings. The van der Waals surface area contributed by atoms with Gasteiger partial charge in [-0.15, -0.1) is 0 Å². The molecule has 1 heterocycles. The Labute approximate surface area is 181 Å².